The molecule has 0 spiro atoms. The lowest BCUT2D eigenvalue weighted by Gasteiger charge is -2.13. The van der Waals surface area contributed by atoms with E-state index in [1.807, 2.05) is 6.20 Å². The molecule has 1 aliphatic rings. The molecule has 6 nitrogen and oxygen atoms in total. The van der Waals surface area contributed by atoms with Crippen LogP contribution in [0.15, 0.2) is 59.9 Å². The second-order valence-electron chi connectivity index (χ2n) is 7.87. The Bertz CT molecular complexity index is 1290. The Balaban J connectivity index is 1.50. The molecular formula is C23H21ClFN5OS. The van der Waals surface area contributed by atoms with Crippen molar-refractivity contribution in [3.63, 3.8) is 0 Å². The predicted octanol–water partition coefficient (Wildman–Crippen LogP) is 5.72. The summed E-state index contributed by atoms with van der Waals surface area (Å²) in [6, 6.07) is 11.8. The van der Waals surface area contributed by atoms with Gasteiger partial charge in [-0.05, 0) is 42.7 Å². The average molecular weight is 470 g/mol. The maximum Gasteiger partial charge on any atom is 0.181 e. The summed E-state index contributed by atoms with van der Waals surface area (Å²) in [5.74, 6) is -0.151. The summed E-state index contributed by atoms with van der Waals surface area (Å²) < 4.78 is 32.5. The first-order chi connectivity index (χ1) is 15.5. The Kier molecular flexibility index (Phi) is 5.67. The Morgan fingerprint density at radius 3 is 2.72 bits per heavy atom. The molecule has 2 aromatic carbocycles. The fraction of sp³-hybridized carbons (Fsp3) is 0.217. The van der Waals surface area contributed by atoms with Gasteiger partial charge < -0.3 is 14.9 Å². The number of nitrogens with two attached hydrogens (primary N) is 1. The summed E-state index contributed by atoms with van der Waals surface area (Å²) in [6.45, 7) is 0. The van der Waals surface area contributed by atoms with Gasteiger partial charge in [0.1, 0.15) is 34.8 Å². The number of nitrogen functional groups attached to an aromatic ring is 1. The minimum absolute atomic E-state index is 0.135. The van der Waals surface area contributed by atoms with Crippen LogP contribution in [0.3, 0.4) is 0 Å². The first-order valence-electron chi connectivity index (χ1n) is 10.4. The molecule has 2 heterocycles. The van der Waals surface area contributed by atoms with Crippen LogP contribution in [0.5, 0.6) is 0 Å². The van der Waals surface area contributed by atoms with E-state index in [2.05, 4.69) is 19.3 Å². The van der Waals surface area contributed by atoms with Gasteiger partial charge in [0.25, 0.3) is 0 Å². The van der Waals surface area contributed by atoms with Crippen LogP contribution in [0.2, 0.25) is 5.02 Å². The minimum atomic E-state index is -1.65. The van der Waals surface area contributed by atoms with Crippen LogP contribution in [-0.2, 0) is 11.4 Å². The molecule has 0 saturated heterocycles. The van der Waals surface area contributed by atoms with Gasteiger partial charge in [0.15, 0.2) is 10.7 Å². The number of benzene rings is 2. The van der Waals surface area contributed by atoms with E-state index in [0.717, 1.165) is 29.4 Å². The Morgan fingerprint density at radius 2 is 1.97 bits per heavy atom. The molecule has 1 atom stereocenters. The van der Waals surface area contributed by atoms with Crippen LogP contribution in [-0.4, -0.2) is 19.1 Å². The number of hydrogen-bond donors (Lipinski definition) is 2. The van der Waals surface area contributed by atoms with E-state index < -0.39 is 17.2 Å². The molecular weight excluding hydrogens is 449 g/mol. The van der Waals surface area contributed by atoms with Gasteiger partial charge in [-0.25, -0.2) is 19.1 Å². The van der Waals surface area contributed by atoms with Gasteiger partial charge in [0.05, 0.1) is 5.39 Å². The van der Waals surface area contributed by atoms with Crippen LogP contribution in [0.25, 0.3) is 22.2 Å². The highest BCUT2D eigenvalue weighted by atomic mass is 35.5. The maximum atomic E-state index is 15.0. The van der Waals surface area contributed by atoms with E-state index in [0.29, 0.717) is 27.3 Å². The molecule has 1 saturated carbocycles. The smallest absolute Gasteiger partial charge is 0.181 e. The molecule has 9 heteroatoms. The summed E-state index contributed by atoms with van der Waals surface area (Å²) in [4.78, 5) is 9.08. The van der Waals surface area contributed by atoms with E-state index in [9.17, 15) is 4.55 Å². The lowest BCUT2D eigenvalue weighted by Crippen LogP contribution is -2.14. The predicted molar refractivity (Wildman–Crippen MR) is 126 cm³/mol. The summed E-state index contributed by atoms with van der Waals surface area (Å²) in [5.41, 5.74) is 8.54. The molecule has 2 aromatic heterocycles. The van der Waals surface area contributed by atoms with E-state index in [1.54, 1.807) is 36.4 Å². The standard InChI is InChI=1S/C23H21ClFN5OS/c24-15-4-3-7-17(11-15)32(31)29-20-9-8-14(10-19(20)25)18-12-30(16-5-1-2-6-16)23-21(18)22(26)27-13-28-23/h3-4,7-13,16,29H,1-2,5-6H2,(H2,26,27,28). The van der Waals surface area contributed by atoms with Crippen molar-refractivity contribution >= 4 is 45.5 Å². The van der Waals surface area contributed by atoms with Crippen molar-refractivity contribution in [3.05, 3.63) is 65.8 Å². The Morgan fingerprint density at radius 1 is 1.16 bits per heavy atom. The highest BCUT2D eigenvalue weighted by Crippen LogP contribution is 2.39. The van der Waals surface area contributed by atoms with Crippen LogP contribution in [0.1, 0.15) is 31.7 Å². The molecule has 1 unspecified atom stereocenters. The van der Waals surface area contributed by atoms with Crippen molar-refractivity contribution in [1.82, 2.24) is 14.5 Å². The first-order valence-corrected chi connectivity index (χ1v) is 11.9. The van der Waals surface area contributed by atoms with Crippen molar-refractivity contribution < 1.29 is 8.94 Å². The monoisotopic (exact) mass is 469 g/mol. The molecule has 0 radical (unpaired) electrons. The molecule has 1 fully saturated rings. The van der Waals surface area contributed by atoms with Crippen molar-refractivity contribution in [2.75, 3.05) is 10.5 Å². The average Bonchev–Trinajstić information content (AvgIpc) is 3.43. The number of nitrogens with zero attached hydrogens (tertiary/aromatic N) is 3. The number of halogens is 2. The first kappa shape index (κ1) is 21.1. The van der Waals surface area contributed by atoms with Crippen LogP contribution >= 0.6 is 11.6 Å². The summed E-state index contributed by atoms with van der Waals surface area (Å²) in [5, 5.41) is 1.19. The normalized spacial score (nSPS) is 15.3. The second kappa shape index (κ2) is 8.61. The third-order valence-electron chi connectivity index (χ3n) is 5.85. The zero-order chi connectivity index (χ0) is 22.2. The topological polar surface area (TPSA) is 91.8 Å². The van der Waals surface area contributed by atoms with Crippen LogP contribution in [0.4, 0.5) is 15.9 Å². The third-order valence-corrected chi connectivity index (χ3v) is 7.17. The summed E-state index contributed by atoms with van der Waals surface area (Å²) in [7, 11) is 0. The number of hydrogen-bond acceptors (Lipinski definition) is 5. The molecule has 3 N–H and O–H groups in total. The SMILES string of the molecule is Nc1ncnc2c1c(-c1ccc(N[S+]([O-])c3cccc(Cl)c3)c(F)c1)cn2C1CCCC1. The Hall–Kier alpha value is -2.81. The number of anilines is 2. The Labute approximate surface area is 192 Å². The second-order valence-corrected chi connectivity index (χ2v) is 9.52. The van der Waals surface area contributed by atoms with E-state index in [4.69, 9.17) is 17.3 Å². The fourth-order valence-corrected chi connectivity index (χ4v) is 5.47. The van der Waals surface area contributed by atoms with E-state index >= 15 is 4.39 Å². The number of aromatic nitrogens is 3. The van der Waals surface area contributed by atoms with Crippen molar-refractivity contribution in [2.45, 2.75) is 36.6 Å². The molecule has 5 rings (SSSR count). The molecule has 0 aliphatic heterocycles. The maximum absolute atomic E-state index is 15.0. The van der Waals surface area contributed by atoms with E-state index in [1.165, 1.54) is 25.2 Å². The van der Waals surface area contributed by atoms with Gasteiger partial charge in [-0.1, -0.05) is 36.6 Å². The van der Waals surface area contributed by atoms with Gasteiger partial charge in [0.2, 0.25) is 0 Å². The third kappa shape index (κ3) is 3.90. The summed E-state index contributed by atoms with van der Waals surface area (Å²) >= 11 is 4.31. The van der Waals surface area contributed by atoms with Crippen LogP contribution in [0, 0.1) is 5.82 Å². The molecule has 0 bridgehead atoms. The van der Waals surface area contributed by atoms with Gasteiger partial charge in [-0.15, -0.1) is 0 Å². The highest BCUT2D eigenvalue weighted by molar-refractivity contribution is 7.92. The highest BCUT2D eigenvalue weighted by Gasteiger charge is 2.23. The quantitative estimate of drug-likeness (QED) is 0.364. The van der Waals surface area contributed by atoms with Gasteiger partial charge in [0, 0.05) is 28.9 Å². The molecule has 1 aliphatic carbocycles. The molecule has 164 valence electrons. The fourth-order valence-electron chi connectivity index (χ4n) is 4.29. The number of fused-ring (bicyclic) bond motifs is 1. The van der Waals surface area contributed by atoms with Crippen molar-refractivity contribution in [3.8, 4) is 11.1 Å². The number of nitrogens with one attached hydrogen (secondary N) is 1. The van der Waals surface area contributed by atoms with Crippen molar-refractivity contribution in [2.24, 2.45) is 0 Å². The van der Waals surface area contributed by atoms with Gasteiger partial charge in [-0.2, -0.15) is 0 Å². The van der Waals surface area contributed by atoms with E-state index in [-0.39, 0.29) is 5.69 Å². The van der Waals surface area contributed by atoms with Gasteiger partial charge in [-0.3, -0.25) is 0 Å². The molecule has 4 aromatic rings. The largest absolute Gasteiger partial charge is 0.588 e. The molecule has 32 heavy (non-hydrogen) atoms. The lowest BCUT2D eigenvalue weighted by molar-refractivity contribution is 0.532. The zero-order valence-corrected chi connectivity index (χ0v) is 18.7. The van der Waals surface area contributed by atoms with Crippen molar-refractivity contribution in [1.29, 1.82) is 0 Å². The zero-order valence-electron chi connectivity index (χ0n) is 17.1. The number of rotatable bonds is 5. The van der Waals surface area contributed by atoms with Crippen LogP contribution < -0.4 is 10.5 Å². The van der Waals surface area contributed by atoms with Gasteiger partial charge >= 0.3 is 0 Å². The lowest BCUT2D eigenvalue weighted by atomic mass is 10.1. The molecule has 0 amide bonds. The minimum Gasteiger partial charge on any atom is -0.588 e. The summed E-state index contributed by atoms with van der Waals surface area (Å²) in [6.07, 6.45) is 7.99.